The lowest BCUT2D eigenvalue weighted by Gasteiger charge is -2.22. The van der Waals surface area contributed by atoms with E-state index in [9.17, 15) is 14.7 Å². The largest absolute Gasteiger partial charge is 0.504 e. The summed E-state index contributed by atoms with van der Waals surface area (Å²) >= 11 is 0. The SMILES string of the molecule is O=C1COC(=O)C(Cc2ccc(O)c(O)c2)N1. The van der Waals surface area contributed by atoms with Crippen molar-refractivity contribution in [1.29, 1.82) is 0 Å². The zero-order valence-electron chi connectivity index (χ0n) is 8.84. The lowest BCUT2D eigenvalue weighted by Crippen LogP contribution is -2.50. The molecule has 1 aliphatic rings. The summed E-state index contributed by atoms with van der Waals surface area (Å²) in [6, 6.07) is 3.47. The lowest BCUT2D eigenvalue weighted by atomic mass is 10.0. The summed E-state index contributed by atoms with van der Waals surface area (Å²) in [6.45, 7) is -0.254. The molecule has 1 atom stereocenters. The normalized spacial score (nSPS) is 19.6. The van der Waals surface area contributed by atoms with Crippen LogP contribution < -0.4 is 5.32 Å². The van der Waals surface area contributed by atoms with Crippen molar-refractivity contribution in [2.45, 2.75) is 12.5 Å². The van der Waals surface area contributed by atoms with E-state index in [1.54, 1.807) is 6.07 Å². The van der Waals surface area contributed by atoms with Gasteiger partial charge < -0.3 is 20.3 Å². The van der Waals surface area contributed by atoms with Crippen LogP contribution in [0.4, 0.5) is 0 Å². The van der Waals surface area contributed by atoms with Crippen molar-refractivity contribution in [3.63, 3.8) is 0 Å². The number of phenolic OH excluding ortho intramolecular Hbond substituents is 2. The number of carbonyl (C=O) groups excluding carboxylic acids is 2. The van der Waals surface area contributed by atoms with Crippen molar-refractivity contribution in [3.8, 4) is 11.5 Å². The number of nitrogens with one attached hydrogen (secondary N) is 1. The van der Waals surface area contributed by atoms with Crippen molar-refractivity contribution < 1.29 is 24.5 Å². The van der Waals surface area contributed by atoms with Crippen molar-refractivity contribution in [2.24, 2.45) is 0 Å². The summed E-state index contributed by atoms with van der Waals surface area (Å²) in [5, 5.41) is 20.9. The molecule has 3 N–H and O–H groups in total. The van der Waals surface area contributed by atoms with Gasteiger partial charge in [0, 0.05) is 6.42 Å². The fourth-order valence-corrected chi connectivity index (χ4v) is 1.60. The van der Waals surface area contributed by atoms with Crippen LogP contribution in [0.2, 0.25) is 0 Å². The number of rotatable bonds is 2. The Morgan fingerprint density at radius 1 is 1.29 bits per heavy atom. The van der Waals surface area contributed by atoms with Gasteiger partial charge in [-0.15, -0.1) is 0 Å². The topological polar surface area (TPSA) is 95.9 Å². The second kappa shape index (κ2) is 4.32. The van der Waals surface area contributed by atoms with Gasteiger partial charge in [-0.25, -0.2) is 4.79 Å². The molecule has 6 nitrogen and oxygen atoms in total. The van der Waals surface area contributed by atoms with Gasteiger partial charge in [0.1, 0.15) is 6.04 Å². The highest BCUT2D eigenvalue weighted by atomic mass is 16.5. The molecule has 90 valence electrons. The van der Waals surface area contributed by atoms with E-state index in [4.69, 9.17) is 5.11 Å². The summed E-state index contributed by atoms with van der Waals surface area (Å²) in [6.07, 6.45) is 0.207. The summed E-state index contributed by atoms with van der Waals surface area (Å²) in [4.78, 5) is 22.4. The Labute approximate surface area is 96.8 Å². The van der Waals surface area contributed by atoms with Crippen molar-refractivity contribution >= 4 is 11.9 Å². The molecule has 0 aromatic heterocycles. The third-order valence-electron chi connectivity index (χ3n) is 2.44. The van der Waals surface area contributed by atoms with Crippen LogP contribution in [0.5, 0.6) is 11.5 Å². The van der Waals surface area contributed by atoms with Crippen molar-refractivity contribution in [3.05, 3.63) is 23.8 Å². The van der Waals surface area contributed by atoms with Crippen LogP contribution >= 0.6 is 0 Å². The number of phenols is 2. The van der Waals surface area contributed by atoms with Crippen LogP contribution in [0, 0.1) is 0 Å². The predicted molar refractivity (Wildman–Crippen MR) is 56.4 cm³/mol. The molecule has 0 saturated carbocycles. The summed E-state index contributed by atoms with van der Waals surface area (Å²) in [7, 11) is 0. The van der Waals surface area contributed by atoms with E-state index in [0.29, 0.717) is 5.56 Å². The minimum atomic E-state index is -0.750. The molecule has 1 heterocycles. The molecule has 1 aliphatic heterocycles. The van der Waals surface area contributed by atoms with Crippen LogP contribution in [0.15, 0.2) is 18.2 Å². The molecule has 6 heteroatoms. The third kappa shape index (κ3) is 2.47. The van der Waals surface area contributed by atoms with Gasteiger partial charge in [0.05, 0.1) is 0 Å². The van der Waals surface area contributed by atoms with Crippen LogP contribution in [0.25, 0.3) is 0 Å². The van der Waals surface area contributed by atoms with E-state index in [1.807, 2.05) is 0 Å². The van der Waals surface area contributed by atoms with Crippen LogP contribution in [0.3, 0.4) is 0 Å². The molecule has 0 bridgehead atoms. The highest BCUT2D eigenvalue weighted by Crippen LogP contribution is 2.25. The molecule has 1 saturated heterocycles. The zero-order valence-corrected chi connectivity index (χ0v) is 8.84. The zero-order chi connectivity index (χ0) is 12.4. The van der Waals surface area contributed by atoms with Gasteiger partial charge >= 0.3 is 5.97 Å². The summed E-state index contributed by atoms with van der Waals surface area (Å²) in [5.74, 6) is -1.35. The number of ether oxygens (including phenoxy) is 1. The molecule has 2 rings (SSSR count). The first kappa shape index (κ1) is 11.3. The minimum Gasteiger partial charge on any atom is -0.504 e. The molecule has 0 radical (unpaired) electrons. The van der Waals surface area contributed by atoms with Gasteiger partial charge in [-0.05, 0) is 17.7 Å². The molecule has 17 heavy (non-hydrogen) atoms. The van der Waals surface area contributed by atoms with Crippen LogP contribution in [-0.2, 0) is 20.7 Å². The van der Waals surface area contributed by atoms with E-state index in [2.05, 4.69) is 10.1 Å². The first-order valence-corrected chi connectivity index (χ1v) is 5.03. The Balaban J connectivity index is 2.11. The monoisotopic (exact) mass is 237 g/mol. The highest BCUT2D eigenvalue weighted by Gasteiger charge is 2.28. The maximum Gasteiger partial charge on any atom is 0.329 e. The molecule has 1 aromatic rings. The van der Waals surface area contributed by atoms with Gasteiger partial charge in [-0.2, -0.15) is 0 Å². The Morgan fingerprint density at radius 3 is 2.76 bits per heavy atom. The van der Waals surface area contributed by atoms with E-state index in [-0.39, 0.29) is 30.4 Å². The second-order valence-corrected chi connectivity index (χ2v) is 3.76. The predicted octanol–water partition coefficient (Wildman–Crippen LogP) is -0.318. The molecule has 1 aromatic carbocycles. The van der Waals surface area contributed by atoms with Crippen LogP contribution in [-0.4, -0.2) is 34.7 Å². The Kier molecular flexibility index (Phi) is 2.86. The van der Waals surface area contributed by atoms with Gasteiger partial charge in [-0.1, -0.05) is 6.07 Å². The van der Waals surface area contributed by atoms with Crippen LogP contribution in [0.1, 0.15) is 5.56 Å². The molecule has 0 aliphatic carbocycles. The number of hydrogen-bond donors (Lipinski definition) is 3. The van der Waals surface area contributed by atoms with Gasteiger partial charge in [0.2, 0.25) is 0 Å². The molecule has 1 amide bonds. The number of cyclic esters (lactones) is 1. The smallest absolute Gasteiger partial charge is 0.329 e. The summed E-state index contributed by atoms with van der Waals surface area (Å²) < 4.78 is 4.67. The van der Waals surface area contributed by atoms with E-state index in [1.165, 1.54) is 12.1 Å². The van der Waals surface area contributed by atoms with Crippen molar-refractivity contribution in [1.82, 2.24) is 5.32 Å². The number of amides is 1. The number of aromatic hydroxyl groups is 2. The first-order valence-electron chi connectivity index (χ1n) is 5.03. The first-order chi connectivity index (χ1) is 8.06. The minimum absolute atomic E-state index is 0.207. The van der Waals surface area contributed by atoms with Crippen molar-refractivity contribution in [2.75, 3.05) is 6.61 Å². The Morgan fingerprint density at radius 2 is 2.06 bits per heavy atom. The molecule has 1 fully saturated rings. The Bertz CT molecular complexity index is 471. The maximum absolute atomic E-state index is 11.3. The van der Waals surface area contributed by atoms with E-state index < -0.39 is 12.0 Å². The summed E-state index contributed by atoms with van der Waals surface area (Å²) in [5.41, 5.74) is 0.615. The standard InChI is InChI=1S/C11H11NO5/c13-8-2-1-6(4-9(8)14)3-7-11(16)17-5-10(15)12-7/h1-2,4,7,13-14H,3,5H2,(H,12,15). The van der Waals surface area contributed by atoms with Gasteiger partial charge in [0.25, 0.3) is 5.91 Å². The average Bonchev–Trinajstić information content (AvgIpc) is 2.29. The number of morpholine rings is 1. The van der Waals surface area contributed by atoms with E-state index in [0.717, 1.165) is 0 Å². The van der Waals surface area contributed by atoms with E-state index >= 15 is 0 Å². The van der Waals surface area contributed by atoms with Gasteiger partial charge in [0.15, 0.2) is 18.1 Å². The fourth-order valence-electron chi connectivity index (χ4n) is 1.60. The van der Waals surface area contributed by atoms with Gasteiger partial charge in [-0.3, -0.25) is 4.79 Å². The average molecular weight is 237 g/mol. The second-order valence-electron chi connectivity index (χ2n) is 3.76. The number of esters is 1. The number of carbonyl (C=O) groups is 2. The third-order valence-corrected chi connectivity index (χ3v) is 2.44. The molecule has 0 spiro atoms. The molecule has 1 unspecified atom stereocenters. The quantitative estimate of drug-likeness (QED) is 0.484. The maximum atomic E-state index is 11.3. The number of hydrogen-bond acceptors (Lipinski definition) is 5. The molecular weight excluding hydrogens is 226 g/mol. The molecular formula is C11H11NO5. The number of benzene rings is 1. The fraction of sp³-hybridized carbons (Fsp3) is 0.273. The lowest BCUT2D eigenvalue weighted by molar-refractivity contribution is -0.157. The Hall–Kier alpha value is -2.24. The highest BCUT2D eigenvalue weighted by molar-refractivity contribution is 5.90.